The zero-order valence-corrected chi connectivity index (χ0v) is 10.3. The van der Waals surface area contributed by atoms with Crippen LogP contribution in [0.4, 0.5) is 0 Å². The molecule has 5 nitrogen and oxygen atoms in total. The average molecular weight is 251 g/mol. The molecular formula is C13H17NO4. The summed E-state index contributed by atoms with van der Waals surface area (Å²) in [6, 6.07) is 7.10. The lowest BCUT2D eigenvalue weighted by atomic mass is 10.1. The van der Waals surface area contributed by atoms with Gasteiger partial charge in [0.05, 0.1) is 12.7 Å². The molecule has 2 N–H and O–H groups in total. The zero-order chi connectivity index (χ0) is 13.4. The fourth-order valence-electron chi connectivity index (χ4n) is 1.47. The molecule has 0 amide bonds. The summed E-state index contributed by atoms with van der Waals surface area (Å²) in [7, 11) is 1.35. The van der Waals surface area contributed by atoms with Crippen LogP contribution < -0.4 is 5.32 Å². The van der Waals surface area contributed by atoms with E-state index in [-0.39, 0.29) is 12.4 Å². The molecule has 0 saturated heterocycles. The second-order valence-corrected chi connectivity index (χ2v) is 3.86. The van der Waals surface area contributed by atoms with Gasteiger partial charge in [0.15, 0.2) is 0 Å². The molecular weight excluding hydrogens is 234 g/mol. The molecule has 0 fully saturated rings. The van der Waals surface area contributed by atoms with Gasteiger partial charge in [0, 0.05) is 13.0 Å². The summed E-state index contributed by atoms with van der Waals surface area (Å²) < 4.78 is 4.60. The number of carbonyl (C=O) groups excluding carboxylic acids is 1. The van der Waals surface area contributed by atoms with Gasteiger partial charge in [-0.3, -0.25) is 4.79 Å². The van der Waals surface area contributed by atoms with E-state index in [1.54, 1.807) is 12.1 Å². The largest absolute Gasteiger partial charge is 0.481 e. The number of aliphatic carboxylic acids is 1. The fraction of sp³-hybridized carbons (Fsp3) is 0.385. The van der Waals surface area contributed by atoms with Crippen molar-refractivity contribution in [3.05, 3.63) is 35.4 Å². The number of nitrogens with one attached hydrogen (secondary N) is 1. The van der Waals surface area contributed by atoms with Crippen molar-refractivity contribution in [3.63, 3.8) is 0 Å². The zero-order valence-electron chi connectivity index (χ0n) is 10.3. The Kier molecular flexibility index (Phi) is 5.87. The van der Waals surface area contributed by atoms with Gasteiger partial charge in [-0.1, -0.05) is 12.1 Å². The normalized spacial score (nSPS) is 10.1. The Hall–Kier alpha value is -1.88. The standard InChI is InChI=1S/C13H17NO4/c1-18-13(17)11-6-4-10(5-7-11)9-14-8-2-3-12(15)16/h4-7,14H,2-3,8-9H2,1H3,(H,15,16). The van der Waals surface area contributed by atoms with Crippen LogP contribution in [0.1, 0.15) is 28.8 Å². The van der Waals surface area contributed by atoms with Gasteiger partial charge in [0.25, 0.3) is 0 Å². The lowest BCUT2D eigenvalue weighted by Gasteiger charge is -2.05. The summed E-state index contributed by atoms with van der Waals surface area (Å²) in [6.07, 6.45) is 0.782. The second-order valence-electron chi connectivity index (χ2n) is 3.86. The number of hydrogen-bond donors (Lipinski definition) is 2. The van der Waals surface area contributed by atoms with Crippen molar-refractivity contribution >= 4 is 11.9 Å². The molecule has 0 saturated carbocycles. The molecule has 0 heterocycles. The van der Waals surface area contributed by atoms with E-state index in [1.807, 2.05) is 12.1 Å². The van der Waals surface area contributed by atoms with Gasteiger partial charge in [-0.2, -0.15) is 0 Å². The van der Waals surface area contributed by atoms with Gasteiger partial charge in [-0.25, -0.2) is 4.79 Å². The summed E-state index contributed by atoms with van der Waals surface area (Å²) in [6.45, 7) is 1.31. The number of methoxy groups -OCH3 is 1. The molecule has 0 aliphatic rings. The lowest BCUT2D eigenvalue weighted by molar-refractivity contribution is -0.137. The lowest BCUT2D eigenvalue weighted by Crippen LogP contribution is -2.15. The van der Waals surface area contributed by atoms with E-state index in [9.17, 15) is 9.59 Å². The quantitative estimate of drug-likeness (QED) is 0.566. The van der Waals surface area contributed by atoms with Crippen LogP contribution in [0.5, 0.6) is 0 Å². The Bertz CT molecular complexity index is 400. The minimum atomic E-state index is -0.778. The smallest absolute Gasteiger partial charge is 0.337 e. The van der Waals surface area contributed by atoms with E-state index in [0.717, 1.165) is 5.56 Å². The number of carboxylic acid groups (broad SMARTS) is 1. The molecule has 0 unspecified atom stereocenters. The van der Waals surface area contributed by atoms with Crippen LogP contribution in [-0.2, 0) is 16.1 Å². The summed E-state index contributed by atoms with van der Waals surface area (Å²) in [5, 5.41) is 11.6. The highest BCUT2D eigenvalue weighted by Gasteiger charge is 2.03. The van der Waals surface area contributed by atoms with Crippen molar-refractivity contribution in [1.82, 2.24) is 5.32 Å². The molecule has 98 valence electrons. The van der Waals surface area contributed by atoms with Gasteiger partial charge >= 0.3 is 11.9 Å². The monoisotopic (exact) mass is 251 g/mol. The molecule has 0 aliphatic carbocycles. The topological polar surface area (TPSA) is 75.6 Å². The number of carboxylic acids is 1. The van der Waals surface area contributed by atoms with Crippen molar-refractivity contribution in [2.24, 2.45) is 0 Å². The molecule has 1 aromatic rings. The highest BCUT2D eigenvalue weighted by molar-refractivity contribution is 5.89. The Balaban J connectivity index is 2.31. The molecule has 18 heavy (non-hydrogen) atoms. The SMILES string of the molecule is COC(=O)c1ccc(CNCCCC(=O)O)cc1. The Labute approximate surface area is 106 Å². The van der Waals surface area contributed by atoms with E-state index in [2.05, 4.69) is 10.1 Å². The first-order valence-electron chi connectivity index (χ1n) is 5.73. The average Bonchev–Trinajstić information content (AvgIpc) is 2.38. The highest BCUT2D eigenvalue weighted by atomic mass is 16.5. The molecule has 0 aromatic heterocycles. The molecule has 5 heteroatoms. The number of esters is 1. The maximum absolute atomic E-state index is 11.2. The number of hydrogen-bond acceptors (Lipinski definition) is 4. The van der Waals surface area contributed by atoms with E-state index in [1.165, 1.54) is 7.11 Å². The Morgan fingerprint density at radius 1 is 1.28 bits per heavy atom. The number of rotatable bonds is 7. The molecule has 0 atom stereocenters. The van der Waals surface area contributed by atoms with Crippen molar-refractivity contribution in [1.29, 1.82) is 0 Å². The first kappa shape index (κ1) is 14.2. The minimum Gasteiger partial charge on any atom is -0.481 e. The third kappa shape index (κ3) is 4.97. The summed E-state index contributed by atoms with van der Waals surface area (Å²) in [5.74, 6) is -1.13. The summed E-state index contributed by atoms with van der Waals surface area (Å²) in [5.41, 5.74) is 1.56. The Morgan fingerprint density at radius 3 is 2.50 bits per heavy atom. The first-order valence-corrected chi connectivity index (χ1v) is 5.73. The molecule has 0 spiro atoms. The second kappa shape index (κ2) is 7.45. The third-order valence-corrected chi connectivity index (χ3v) is 2.45. The van der Waals surface area contributed by atoms with Gasteiger partial charge in [0.1, 0.15) is 0 Å². The van der Waals surface area contributed by atoms with Crippen molar-refractivity contribution < 1.29 is 19.4 Å². The molecule has 1 rings (SSSR count). The van der Waals surface area contributed by atoms with Crippen LogP contribution in [0, 0.1) is 0 Å². The first-order chi connectivity index (χ1) is 8.63. The fourth-order valence-corrected chi connectivity index (χ4v) is 1.47. The predicted octanol–water partition coefficient (Wildman–Crippen LogP) is 1.43. The predicted molar refractivity (Wildman–Crippen MR) is 66.4 cm³/mol. The molecule has 0 radical (unpaired) electrons. The maximum Gasteiger partial charge on any atom is 0.337 e. The number of ether oxygens (including phenoxy) is 1. The van der Waals surface area contributed by atoms with Crippen molar-refractivity contribution in [2.45, 2.75) is 19.4 Å². The Morgan fingerprint density at radius 2 is 1.94 bits per heavy atom. The summed E-state index contributed by atoms with van der Waals surface area (Å²) in [4.78, 5) is 21.5. The van der Waals surface area contributed by atoms with Gasteiger partial charge in [-0.15, -0.1) is 0 Å². The van der Waals surface area contributed by atoms with Crippen LogP contribution in [0.2, 0.25) is 0 Å². The van der Waals surface area contributed by atoms with Crippen molar-refractivity contribution in [3.8, 4) is 0 Å². The van der Waals surface area contributed by atoms with Gasteiger partial charge in [-0.05, 0) is 30.7 Å². The van der Waals surface area contributed by atoms with Crippen LogP contribution in [0.3, 0.4) is 0 Å². The molecule has 0 bridgehead atoms. The van der Waals surface area contributed by atoms with Crippen LogP contribution in [-0.4, -0.2) is 30.7 Å². The van der Waals surface area contributed by atoms with Crippen molar-refractivity contribution in [2.75, 3.05) is 13.7 Å². The van der Waals surface area contributed by atoms with Crippen LogP contribution in [0.25, 0.3) is 0 Å². The van der Waals surface area contributed by atoms with E-state index in [0.29, 0.717) is 25.1 Å². The summed E-state index contributed by atoms with van der Waals surface area (Å²) >= 11 is 0. The molecule has 1 aromatic carbocycles. The van der Waals surface area contributed by atoms with Crippen LogP contribution in [0.15, 0.2) is 24.3 Å². The highest BCUT2D eigenvalue weighted by Crippen LogP contribution is 2.05. The number of carbonyl (C=O) groups is 2. The minimum absolute atomic E-state index is 0.175. The number of benzene rings is 1. The van der Waals surface area contributed by atoms with E-state index < -0.39 is 5.97 Å². The molecule has 0 aliphatic heterocycles. The van der Waals surface area contributed by atoms with Gasteiger partial charge < -0.3 is 15.2 Å². The van der Waals surface area contributed by atoms with E-state index >= 15 is 0 Å². The van der Waals surface area contributed by atoms with Gasteiger partial charge in [0.2, 0.25) is 0 Å². The van der Waals surface area contributed by atoms with E-state index in [4.69, 9.17) is 5.11 Å². The van der Waals surface area contributed by atoms with Crippen LogP contribution >= 0.6 is 0 Å². The maximum atomic E-state index is 11.2. The third-order valence-electron chi connectivity index (χ3n) is 2.45.